The molecular weight excluding hydrogens is 294 g/mol. The van der Waals surface area contributed by atoms with Crippen molar-refractivity contribution in [1.29, 1.82) is 0 Å². The Labute approximate surface area is 133 Å². The molecule has 8 nitrogen and oxygen atoms in total. The van der Waals surface area contributed by atoms with Gasteiger partial charge >= 0.3 is 0 Å². The molecule has 0 spiro atoms. The van der Waals surface area contributed by atoms with E-state index in [4.69, 9.17) is 0 Å². The first-order chi connectivity index (χ1) is 11.1. The van der Waals surface area contributed by atoms with Gasteiger partial charge < -0.3 is 9.88 Å². The van der Waals surface area contributed by atoms with Crippen molar-refractivity contribution < 1.29 is 4.79 Å². The van der Waals surface area contributed by atoms with Crippen molar-refractivity contribution in [2.24, 2.45) is 0 Å². The van der Waals surface area contributed by atoms with E-state index in [1.807, 2.05) is 30.7 Å². The molecule has 3 rings (SSSR count). The zero-order valence-corrected chi connectivity index (χ0v) is 13.4. The number of amides is 1. The molecule has 0 aliphatic carbocycles. The fourth-order valence-corrected chi connectivity index (χ4v) is 2.57. The molecule has 0 aromatic carbocycles. The van der Waals surface area contributed by atoms with Crippen molar-refractivity contribution in [3.8, 4) is 0 Å². The highest BCUT2D eigenvalue weighted by molar-refractivity contribution is 5.91. The first-order valence-corrected chi connectivity index (χ1v) is 7.57. The van der Waals surface area contributed by atoms with Crippen molar-refractivity contribution in [3.63, 3.8) is 0 Å². The van der Waals surface area contributed by atoms with Gasteiger partial charge in [-0.25, -0.2) is 9.97 Å². The molecule has 0 fully saturated rings. The summed E-state index contributed by atoms with van der Waals surface area (Å²) in [6.07, 6.45) is 4.66. The molecule has 23 heavy (non-hydrogen) atoms. The molecule has 120 valence electrons. The summed E-state index contributed by atoms with van der Waals surface area (Å²) in [5.74, 6) is 1.19. The Morgan fingerprint density at radius 2 is 2.13 bits per heavy atom. The fraction of sp³-hybridized carbons (Fsp3) is 0.400. The highest BCUT2D eigenvalue weighted by Gasteiger charge is 2.17. The van der Waals surface area contributed by atoms with Gasteiger partial charge in [0.15, 0.2) is 0 Å². The Morgan fingerprint density at radius 1 is 1.30 bits per heavy atom. The molecule has 0 atom stereocenters. The van der Waals surface area contributed by atoms with E-state index in [9.17, 15) is 4.79 Å². The van der Waals surface area contributed by atoms with Crippen molar-refractivity contribution in [2.75, 3.05) is 0 Å². The van der Waals surface area contributed by atoms with Crippen LogP contribution in [0.25, 0.3) is 5.78 Å². The average molecular weight is 313 g/mol. The zero-order valence-electron chi connectivity index (χ0n) is 13.4. The molecule has 3 heterocycles. The number of aromatic nitrogens is 6. The van der Waals surface area contributed by atoms with E-state index in [1.165, 1.54) is 0 Å². The summed E-state index contributed by atoms with van der Waals surface area (Å²) in [5, 5.41) is 10.8. The highest BCUT2D eigenvalue weighted by atomic mass is 16.2. The molecule has 3 aromatic heterocycles. The molecule has 3 aromatic rings. The minimum absolute atomic E-state index is 0.235. The van der Waals surface area contributed by atoms with Crippen molar-refractivity contribution in [1.82, 2.24) is 34.4 Å². The second-order valence-electron chi connectivity index (χ2n) is 5.42. The van der Waals surface area contributed by atoms with Crippen LogP contribution in [0.15, 0.2) is 18.5 Å². The Hall–Kier alpha value is -2.77. The van der Waals surface area contributed by atoms with Gasteiger partial charge in [0.2, 0.25) is 5.82 Å². The number of rotatable bonds is 5. The quantitative estimate of drug-likeness (QED) is 0.766. The largest absolute Gasteiger partial charge is 0.342 e. The smallest absolute Gasteiger partial charge is 0.290 e. The van der Waals surface area contributed by atoms with E-state index in [1.54, 1.807) is 10.6 Å². The van der Waals surface area contributed by atoms with Crippen LogP contribution in [-0.4, -0.2) is 35.0 Å². The Kier molecular flexibility index (Phi) is 4.05. The van der Waals surface area contributed by atoms with Gasteiger partial charge in [0, 0.05) is 30.3 Å². The second-order valence-corrected chi connectivity index (χ2v) is 5.42. The Balaban J connectivity index is 1.80. The lowest BCUT2D eigenvalue weighted by Crippen LogP contribution is -2.27. The van der Waals surface area contributed by atoms with Gasteiger partial charge in [-0.1, -0.05) is 6.92 Å². The van der Waals surface area contributed by atoms with Gasteiger partial charge in [0.05, 0.1) is 6.54 Å². The third kappa shape index (κ3) is 2.92. The van der Waals surface area contributed by atoms with E-state index >= 15 is 0 Å². The van der Waals surface area contributed by atoms with E-state index in [-0.39, 0.29) is 11.7 Å². The summed E-state index contributed by atoms with van der Waals surface area (Å²) in [7, 11) is 0. The normalized spacial score (nSPS) is 11.1. The van der Waals surface area contributed by atoms with Crippen LogP contribution in [-0.2, 0) is 13.1 Å². The molecule has 0 aliphatic rings. The number of nitrogens with one attached hydrogen (secondary N) is 1. The summed E-state index contributed by atoms with van der Waals surface area (Å²) in [6.45, 7) is 7.10. The second kappa shape index (κ2) is 6.15. The molecule has 0 saturated carbocycles. The maximum absolute atomic E-state index is 12.4. The van der Waals surface area contributed by atoms with E-state index in [2.05, 4.69) is 32.4 Å². The van der Waals surface area contributed by atoms with E-state index < -0.39 is 0 Å². The summed E-state index contributed by atoms with van der Waals surface area (Å²) in [6, 6.07) is 1.89. The van der Waals surface area contributed by atoms with E-state index in [0.717, 1.165) is 30.2 Å². The molecule has 0 unspecified atom stereocenters. The lowest BCUT2D eigenvalue weighted by atomic mass is 10.3. The first-order valence-electron chi connectivity index (χ1n) is 7.57. The number of hydrogen-bond acceptors (Lipinski definition) is 5. The zero-order chi connectivity index (χ0) is 16.4. The van der Waals surface area contributed by atoms with Crippen molar-refractivity contribution >= 4 is 11.7 Å². The van der Waals surface area contributed by atoms with Gasteiger partial charge in [-0.15, -0.1) is 10.2 Å². The number of hydrogen-bond donors (Lipinski definition) is 1. The van der Waals surface area contributed by atoms with Gasteiger partial charge in [0.25, 0.3) is 11.7 Å². The number of fused-ring (bicyclic) bond motifs is 1. The molecule has 0 bridgehead atoms. The van der Waals surface area contributed by atoms with Crippen LogP contribution in [0.1, 0.15) is 41.2 Å². The number of nitrogens with zero attached hydrogens (tertiary/aromatic N) is 6. The Morgan fingerprint density at radius 3 is 2.91 bits per heavy atom. The van der Waals surface area contributed by atoms with Gasteiger partial charge in [-0.05, 0) is 26.3 Å². The van der Waals surface area contributed by atoms with Gasteiger partial charge in [-0.3, -0.25) is 9.20 Å². The topological polar surface area (TPSA) is 90.0 Å². The van der Waals surface area contributed by atoms with Crippen molar-refractivity contribution in [2.45, 2.75) is 40.3 Å². The summed E-state index contributed by atoms with van der Waals surface area (Å²) < 4.78 is 3.68. The molecule has 1 amide bonds. The van der Waals surface area contributed by atoms with Crippen LogP contribution in [0.5, 0.6) is 0 Å². The highest BCUT2D eigenvalue weighted by Crippen LogP contribution is 2.08. The number of imidazole rings is 1. The number of carbonyl (C=O) groups excluding carboxylic acids is 1. The summed E-state index contributed by atoms with van der Waals surface area (Å²) >= 11 is 0. The summed E-state index contributed by atoms with van der Waals surface area (Å²) in [4.78, 5) is 21.0. The van der Waals surface area contributed by atoms with Crippen LogP contribution in [0, 0.1) is 13.8 Å². The van der Waals surface area contributed by atoms with Gasteiger partial charge in [-0.2, -0.15) is 0 Å². The van der Waals surface area contributed by atoms with Crippen LogP contribution >= 0.6 is 0 Å². The number of carbonyl (C=O) groups is 1. The minimum atomic E-state index is -0.294. The lowest BCUT2D eigenvalue weighted by Gasteiger charge is -2.08. The SMILES string of the molecule is CCCn1ccnc1CNC(=O)c1nnc2nc(C)cc(C)n12. The third-order valence-corrected chi connectivity index (χ3v) is 3.57. The number of aryl methyl sites for hydroxylation is 3. The van der Waals surface area contributed by atoms with E-state index in [0.29, 0.717) is 12.3 Å². The van der Waals surface area contributed by atoms with Crippen LogP contribution in [0.4, 0.5) is 0 Å². The maximum Gasteiger partial charge on any atom is 0.290 e. The standard InChI is InChI=1S/C15H19N7O/c1-4-6-21-7-5-16-12(21)9-17-14(23)13-19-20-15-18-10(2)8-11(3)22(13)15/h5,7-8H,4,6,9H2,1-3H3,(H,17,23). The molecule has 0 aliphatic heterocycles. The molecule has 8 heteroatoms. The van der Waals surface area contributed by atoms with Crippen molar-refractivity contribution in [3.05, 3.63) is 41.5 Å². The fourth-order valence-electron chi connectivity index (χ4n) is 2.57. The predicted molar refractivity (Wildman–Crippen MR) is 83.9 cm³/mol. The first kappa shape index (κ1) is 15.1. The average Bonchev–Trinajstić information content (AvgIpc) is 3.12. The molecule has 0 saturated heterocycles. The van der Waals surface area contributed by atoms with Gasteiger partial charge in [0.1, 0.15) is 5.82 Å². The van der Waals surface area contributed by atoms with Crippen LogP contribution in [0.2, 0.25) is 0 Å². The van der Waals surface area contributed by atoms with Crippen LogP contribution < -0.4 is 5.32 Å². The lowest BCUT2D eigenvalue weighted by molar-refractivity contribution is 0.0937. The predicted octanol–water partition coefficient (Wildman–Crippen LogP) is 1.28. The summed E-state index contributed by atoms with van der Waals surface area (Å²) in [5.41, 5.74) is 1.71. The minimum Gasteiger partial charge on any atom is -0.342 e. The monoisotopic (exact) mass is 313 g/mol. The Bertz CT molecular complexity index is 849. The maximum atomic E-state index is 12.4. The third-order valence-electron chi connectivity index (χ3n) is 3.57. The molecular formula is C15H19N7O. The molecule has 0 radical (unpaired) electrons. The van der Waals surface area contributed by atoms with Crippen LogP contribution in [0.3, 0.4) is 0 Å². The molecule has 1 N–H and O–H groups in total.